The van der Waals surface area contributed by atoms with Crippen molar-refractivity contribution in [2.24, 2.45) is 0 Å². The van der Waals surface area contributed by atoms with Crippen molar-refractivity contribution in [3.63, 3.8) is 0 Å². The third kappa shape index (κ3) is 5.50. The number of hydrogen-bond acceptors (Lipinski definition) is 2. The summed E-state index contributed by atoms with van der Waals surface area (Å²) in [6.45, 7) is 0.890. The summed E-state index contributed by atoms with van der Waals surface area (Å²) in [5, 5.41) is 3.40. The first-order valence-corrected chi connectivity index (χ1v) is 5.38. The predicted octanol–water partition coefficient (Wildman–Crippen LogP) is 2.19. The maximum atomic E-state index is 11.6. The highest BCUT2D eigenvalue weighted by molar-refractivity contribution is 4.72. The average molecular weight is 207 g/mol. The first-order chi connectivity index (χ1) is 6.79. The van der Waals surface area contributed by atoms with Crippen molar-refractivity contribution < 1.29 is 13.5 Å². The second kappa shape index (κ2) is 7.12. The molecule has 0 aromatic carbocycles. The fraction of sp³-hybridized carbons (Fsp3) is 1.00. The number of halogens is 2. The molecule has 0 bridgehead atoms. The van der Waals surface area contributed by atoms with E-state index in [0.29, 0.717) is 12.6 Å². The van der Waals surface area contributed by atoms with E-state index in [1.165, 1.54) is 25.7 Å². The SMILES string of the molecule is FC(F)COCCCNC1CCCC1. The third-order valence-corrected chi connectivity index (χ3v) is 2.50. The number of rotatable bonds is 7. The third-order valence-electron chi connectivity index (χ3n) is 2.50. The van der Waals surface area contributed by atoms with Crippen LogP contribution in [-0.4, -0.2) is 32.2 Å². The van der Waals surface area contributed by atoms with Crippen molar-refractivity contribution in [3.05, 3.63) is 0 Å². The van der Waals surface area contributed by atoms with Crippen LogP contribution in [0.3, 0.4) is 0 Å². The summed E-state index contributed by atoms with van der Waals surface area (Å²) in [7, 11) is 0. The van der Waals surface area contributed by atoms with Crippen LogP contribution in [0.25, 0.3) is 0 Å². The zero-order chi connectivity index (χ0) is 10.2. The molecule has 1 aliphatic rings. The zero-order valence-corrected chi connectivity index (χ0v) is 8.48. The summed E-state index contributed by atoms with van der Waals surface area (Å²) in [4.78, 5) is 0. The Morgan fingerprint density at radius 3 is 2.64 bits per heavy atom. The van der Waals surface area contributed by atoms with E-state index < -0.39 is 13.0 Å². The molecule has 0 heterocycles. The van der Waals surface area contributed by atoms with Gasteiger partial charge in [-0.3, -0.25) is 0 Å². The second-order valence-corrected chi connectivity index (χ2v) is 3.76. The van der Waals surface area contributed by atoms with Crippen LogP contribution in [0, 0.1) is 0 Å². The molecule has 0 aliphatic heterocycles. The summed E-state index contributed by atoms with van der Waals surface area (Å²) in [6.07, 6.45) is 3.65. The molecule has 0 aromatic heterocycles. The van der Waals surface area contributed by atoms with Gasteiger partial charge in [-0.25, -0.2) is 8.78 Å². The molecule has 1 N–H and O–H groups in total. The summed E-state index contributed by atoms with van der Waals surface area (Å²) in [5.74, 6) is 0. The highest BCUT2D eigenvalue weighted by Crippen LogP contribution is 2.17. The van der Waals surface area contributed by atoms with Crippen molar-refractivity contribution in [1.82, 2.24) is 5.32 Å². The summed E-state index contributed by atoms with van der Waals surface area (Å²) >= 11 is 0. The van der Waals surface area contributed by atoms with E-state index >= 15 is 0 Å². The lowest BCUT2D eigenvalue weighted by atomic mass is 10.2. The van der Waals surface area contributed by atoms with E-state index in [9.17, 15) is 8.78 Å². The van der Waals surface area contributed by atoms with Crippen molar-refractivity contribution in [2.45, 2.75) is 44.6 Å². The summed E-state index contributed by atoms with van der Waals surface area (Å²) in [5.41, 5.74) is 0. The standard InChI is InChI=1S/C10H19F2NO/c11-10(12)8-14-7-3-6-13-9-4-1-2-5-9/h9-10,13H,1-8H2. The number of ether oxygens (including phenoxy) is 1. The molecule has 1 fully saturated rings. The van der Waals surface area contributed by atoms with E-state index in [1.54, 1.807) is 0 Å². The molecule has 4 heteroatoms. The molecule has 1 saturated carbocycles. The zero-order valence-electron chi connectivity index (χ0n) is 8.48. The molecule has 14 heavy (non-hydrogen) atoms. The van der Waals surface area contributed by atoms with Crippen molar-refractivity contribution in [1.29, 1.82) is 0 Å². The Morgan fingerprint density at radius 1 is 1.29 bits per heavy atom. The normalized spacial score (nSPS) is 18.2. The van der Waals surface area contributed by atoms with Gasteiger partial charge >= 0.3 is 0 Å². The number of hydrogen-bond donors (Lipinski definition) is 1. The Labute approximate surface area is 84.0 Å². The molecule has 0 aromatic rings. The number of nitrogens with one attached hydrogen (secondary N) is 1. The fourth-order valence-corrected chi connectivity index (χ4v) is 1.78. The smallest absolute Gasteiger partial charge is 0.261 e. The molecule has 84 valence electrons. The maximum absolute atomic E-state index is 11.6. The van der Waals surface area contributed by atoms with E-state index in [-0.39, 0.29) is 0 Å². The monoisotopic (exact) mass is 207 g/mol. The van der Waals surface area contributed by atoms with Crippen LogP contribution >= 0.6 is 0 Å². The lowest BCUT2D eigenvalue weighted by molar-refractivity contribution is 0.0167. The van der Waals surface area contributed by atoms with Crippen LogP contribution in [-0.2, 0) is 4.74 Å². The Bertz CT molecular complexity index is 138. The minimum atomic E-state index is -2.34. The van der Waals surface area contributed by atoms with Gasteiger partial charge in [-0.15, -0.1) is 0 Å². The van der Waals surface area contributed by atoms with E-state index in [0.717, 1.165) is 13.0 Å². The van der Waals surface area contributed by atoms with Gasteiger partial charge in [0.2, 0.25) is 0 Å². The largest absolute Gasteiger partial charge is 0.375 e. The topological polar surface area (TPSA) is 21.3 Å². The maximum Gasteiger partial charge on any atom is 0.261 e. The molecule has 0 unspecified atom stereocenters. The lowest BCUT2D eigenvalue weighted by Crippen LogP contribution is -2.27. The van der Waals surface area contributed by atoms with Gasteiger partial charge in [0.1, 0.15) is 6.61 Å². The number of alkyl halides is 2. The van der Waals surface area contributed by atoms with Gasteiger partial charge in [0.05, 0.1) is 0 Å². The molecule has 0 atom stereocenters. The van der Waals surface area contributed by atoms with E-state index in [2.05, 4.69) is 5.32 Å². The minimum Gasteiger partial charge on any atom is -0.375 e. The first-order valence-electron chi connectivity index (χ1n) is 5.38. The highest BCUT2D eigenvalue weighted by Gasteiger charge is 2.13. The molecule has 1 rings (SSSR count). The molecule has 2 nitrogen and oxygen atoms in total. The molecule has 0 spiro atoms. The van der Waals surface area contributed by atoms with Gasteiger partial charge in [0.25, 0.3) is 6.43 Å². The van der Waals surface area contributed by atoms with Gasteiger partial charge in [-0.1, -0.05) is 12.8 Å². The molecule has 0 saturated heterocycles. The first kappa shape index (κ1) is 11.9. The van der Waals surface area contributed by atoms with Gasteiger partial charge in [0.15, 0.2) is 0 Å². The molecule has 0 radical (unpaired) electrons. The predicted molar refractivity (Wildman–Crippen MR) is 51.7 cm³/mol. The molecule has 1 aliphatic carbocycles. The van der Waals surface area contributed by atoms with E-state index in [4.69, 9.17) is 4.74 Å². The van der Waals surface area contributed by atoms with Gasteiger partial charge in [-0.05, 0) is 25.8 Å². The average Bonchev–Trinajstić information content (AvgIpc) is 2.63. The Hall–Kier alpha value is -0.220. The van der Waals surface area contributed by atoms with Gasteiger partial charge in [0, 0.05) is 12.6 Å². The Kier molecular flexibility index (Phi) is 6.03. The molecular weight excluding hydrogens is 188 g/mol. The van der Waals surface area contributed by atoms with Gasteiger partial charge in [-0.2, -0.15) is 0 Å². The van der Waals surface area contributed by atoms with Crippen LogP contribution in [0.2, 0.25) is 0 Å². The van der Waals surface area contributed by atoms with Crippen LogP contribution in [0.5, 0.6) is 0 Å². The minimum absolute atomic E-state index is 0.427. The lowest BCUT2D eigenvalue weighted by Gasteiger charge is -2.11. The second-order valence-electron chi connectivity index (χ2n) is 3.76. The van der Waals surface area contributed by atoms with Crippen molar-refractivity contribution >= 4 is 0 Å². The van der Waals surface area contributed by atoms with Crippen LogP contribution in [0.4, 0.5) is 8.78 Å². The fourth-order valence-electron chi connectivity index (χ4n) is 1.78. The van der Waals surface area contributed by atoms with E-state index in [1.807, 2.05) is 0 Å². The van der Waals surface area contributed by atoms with Crippen LogP contribution in [0.1, 0.15) is 32.1 Å². The highest BCUT2D eigenvalue weighted by atomic mass is 19.3. The quantitative estimate of drug-likeness (QED) is 0.646. The summed E-state index contributed by atoms with van der Waals surface area (Å²) in [6, 6.07) is 0.657. The Balaban J connectivity index is 1.79. The van der Waals surface area contributed by atoms with Crippen molar-refractivity contribution in [3.8, 4) is 0 Å². The van der Waals surface area contributed by atoms with Crippen LogP contribution in [0.15, 0.2) is 0 Å². The van der Waals surface area contributed by atoms with Crippen molar-refractivity contribution in [2.75, 3.05) is 19.8 Å². The molecular formula is C10H19F2NO. The molecule has 0 amide bonds. The van der Waals surface area contributed by atoms with Crippen LogP contribution < -0.4 is 5.32 Å². The Morgan fingerprint density at radius 2 is 2.00 bits per heavy atom. The van der Waals surface area contributed by atoms with Gasteiger partial charge < -0.3 is 10.1 Å². The summed E-state index contributed by atoms with van der Waals surface area (Å²) < 4.78 is 28.1.